The Balaban J connectivity index is 0.00000387. The molecule has 12 heteroatoms. The summed E-state index contributed by atoms with van der Waals surface area (Å²) in [7, 11) is 0. The molecule has 41 heavy (non-hydrogen) atoms. The monoisotopic (exact) mass is 629 g/mol. The van der Waals surface area contributed by atoms with Gasteiger partial charge in [-0.3, -0.25) is 14.4 Å². The molecule has 2 amide bonds. The summed E-state index contributed by atoms with van der Waals surface area (Å²) < 4.78 is 18.8. The maximum Gasteiger partial charge on any atom is 0.341 e. The zero-order valence-electron chi connectivity index (χ0n) is 22.8. The molecule has 1 aliphatic heterocycles. The van der Waals surface area contributed by atoms with Crippen molar-refractivity contribution in [2.24, 2.45) is 0 Å². The van der Waals surface area contributed by atoms with E-state index in [0.717, 1.165) is 31.7 Å². The molecule has 1 saturated carbocycles. The molecule has 218 valence electrons. The van der Waals surface area contributed by atoms with Gasteiger partial charge in [-0.2, -0.15) is 4.57 Å². The van der Waals surface area contributed by atoms with Gasteiger partial charge in [0, 0.05) is 62.5 Å². The molecule has 1 aromatic carbocycles. The van der Waals surface area contributed by atoms with Gasteiger partial charge in [0.1, 0.15) is 11.4 Å². The molecular weight excluding hydrogens is 597 g/mol. The van der Waals surface area contributed by atoms with E-state index in [1.54, 1.807) is 44.6 Å². The number of pyridine rings is 2. The van der Waals surface area contributed by atoms with E-state index in [1.165, 1.54) is 6.20 Å². The number of rotatable bonds is 9. The van der Waals surface area contributed by atoms with Crippen molar-refractivity contribution in [1.29, 1.82) is 0 Å². The predicted octanol–water partition coefficient (Wildman–Crippen LogP) is -0.656. The fraction of sp³-hybridized carbons (Fsp3) is 0.414. The number of fused-ring (bicyclic) bond motifs is 1. The van der Waals surface area contributed by atoms with E-state index < -0.39 is 17.2 Å². The van der Waals surface area contributed by atoms with Crippen molar-refractivity contribution in [3.63, 3.8) is 0 Å². The molecule has 0 atom stereocenters. The average Bonchev–Trinajstić information content (AvgIpc) is 3.79. The number of piperazine rings is 1. The second kappa shape index (κ2) is 12.8. The highest BCUT2D eigenvalue weighted by Gasteiger charge is 2.29. The summed E-state index contributed by atoms with van der Waals surface area (Å²) in [5.74, 6) is -2.14. The van der Waals surface area contributed by atoms with E-state index in [9.17, 15) is 24.3 Å². The quantitative estimate of drug-likeness (QED) is 0.240. The molecule has 3 aromatic rings. The number of aromatic nitrogens is 2. The fourth-order valence-corrected chi connectivity index (χ4v) is 5.07. The molecule has 1 aliphatic carbocycles. The molecule has 2 aromatic heterocycles. The highest BCUT2D eigenvalue weighted by Crippen LogP contribution is 2.38. The number of hydrogen-bond acceptors (Lipinski definition) is 5. The van der Waals surface area contributed by atoms with Gasteiger partial charge < -0.3 is 41.8 Å². The number of nitrogens with zero attached hydrogens (tertiary/aromatic N) is 4. The standard InChI is InChI=1S/C29H32FN5O5.BrH/c1-2-3-8-31-26(36)18-32-9-6-19(7-10-32)28(38)34-13-11-33(12-14-34)25-16-24-21(15-23(25)30)27(37)22(29(39)40)17-35(24)20-4-5-20;/h6-7,9-10,15-17,20H,2-5,8,11-14,18H2,1H3,(H-,31,36,39,40);1H. The number of benzene rings is 1. The Hall–Kier alpha value is -3.80. The van der Waals surface area contributed by atoms with Crippen LogP contribution in [0.1, 0.15) is 59.4 Å². The van der Waals surface area contributed by atoms with E-state index in [1.807, 2.05) is 4.90 Å². The number of hydrogen-bond donors (Lipinski definition) is 2. The van der Waals surface area contributed by atoms with Crippen molar-refractivity contribution in [3.05, 3.63) is 70.0 Å². The predicted molar refractivity (Wildman–Crippen MR) is 146 cm³/mol. The van der Waals surface area contributed by atoms with E-state index in [4.69, 9.17) is 0 Å². The van der Waals surface area contributed by atoms with Crippen LogP contribution in [-0.4, -0.2) is 65.1 Å². The molecular formula is C29H33BrFN5O5. The molecule has 0 spiro atoms. The van der Waals surface area contributed by atoms with Crippen LogP contribution < -0.4 is 37.2 Å². The summed E-state index contributed by atoms with van der Waals surface area (Å²) in [6, 6.07) is 6.24. The molecule has 2 fully saturated rings. The number of carboxylic acids is 1. The van der Waals surface area contributed by atoms with Gasteiger partial charge in [-0.15, -0.1) is 0 Å². The normalized spacial score (nSPS) is 15.0. The highest BCUT2D eigenvalue weighted by atomic mass is 79.9. The number of anilines is 1. The molecule has 5 rings (SSSR count). The summed E-state index contributed by atoms with van der Waals surface area (Å²) in [5.41, 5.74) is 0.302. The Morgan fingerprint density at radius 1 is 1.10 bits per heavy atom. The number of aromatic carboxylic acids is 1. The summed E-state index contributed by atoms with van der Waals surface area (Å²) in [5, 5.41) is 12.4. The number of nitrogens with one attached hydrogen (secondary N) is 1. The van der Waals surface area contributed by atoms with Gasteiger partial charge >= 0.3 is 5.97 Å². The Bertz CT molecular complexity index is 1510. The molecule has 3 heterocycles. The molecule has 0 radical (unpaired) electrons. The van der Waals surface area contributed by atoms with Crippen molar-refractivity contribution in [2.45, 2.75) is 45.2 Å². The molecule has 2 aliphatic rings. The van der Waals surface area contributed by atoms with Gasteiger partial charge in [-0.05, 0) is 31.4 Å². The van der Waals surface area contributed by atoms with Crippen molar-refractivity contribution < 1.29 is 45.4 Å². The van der Waals surface area contributed by atoms with Gasteiger partial charge in [0.05, 0.1) is 16.8 Å². The SMILES string of the molecule is CCCCNC(=O)C[n+]1ccc(C(=O)N2CCN(c3cc4c(cc3F)c(=O)c(C(=O)O)cn4C3CC3)CC2)cc1.[Br-]. The Labute approximate surface area is 247 Å². The maximum atomic E-state index is 15.3. The van der Waals surface area contributed by atoms with Crippen LogP contribution in [0.4, 0.5) is 10.1 Å². The second-order valence-electron chi connectivity index (χ2n) is 10.4. The molecule has 2 N–H and O–H groups in total. The van der Waals surface area contributed by atoms with E-state index in [0.29, 0.717) is 49.5 Å². The van der Waals surface area contributed by atoms with Crippen molar-refractivity contribution >= 4 is 34.4 Å². The maximum absolute atomic E-state index is 15.3. The van der Waals surface area contributed by atoms with Gasteiger partial charge in [-0.1, -0.05) is 13.3 Å². The highest BCUT2D eigenvalue weighted by molar-refractivity contribution is 5.95. The molecule has 0 bridgehead atoms. The van der Waals surface area contributed by atoms with Crippen LogP contribution >= 0.6 is 0 Å². The number of carbonyl (C=O) groups excluding carboxylic acids is 2. The number of unbranched alkanes of at least 4 members (excludes halogenated alkanes) is 1. The summed E-state index contributed by atoms with van der Waals surface area (Å²) in [4.78, 5) is 53.0. The zero-order valence-corrected chi connectivity index (χ0v) is 24.4. The minimum absolute atomic E-state index is 0. The Kier molecular flexibility index (Phi) is 9.42. The smallest absolute Gasteiger partial charge is 0.341 e. The van der Waals surface area contributed by atoms with Gasteiger partial charge in [-0.25, -0.2) is 9.18 Å². The number of halogens is 2. The Morgan fingerprint density at radius 3 is 2.39 bits per heavy atom. The van der Waals surface area contributed by atoms with Crippen molar-refractivity contribution in [3.8, 4) is 0 Å². The first-order valence-corrected chi connectivity index (χ1v) is 13.7. The third-order valence-electron chi connectivity index (χ3n) is 7.50. The molecule has 0 unspecified atom stereocenters. The summed E-state index contributed by atoms with van der Waals surface area (Å²) in [6.07, 6.45) is 8.47. The first-order chi connectivity index (χ1) is 19.3. The zero-order chi connectivity index (χ0) is 28.4. The fourth-order valence-electron chi connectivity index (χ4n) is 5.07. The molecule has 10 nitrogen and oxygen atoms in total. The molecule has 1 saturated heterocycles. The van der Waals surface area contributed by atoms with Gasteiger partial charge in [0.2, 0.25) is 12.0 Å². The van der Waals surface area contributed by atoms with Crippen LogP contribution in [0.3, 0.4) is 0 Å². The van der Waals surface area contributed by atoms with Crippen LogP contribution in [0.25, 0.3) is 10.9 Å². The lowest BCUT2D eigenvalue weighted by molar-refractivity contribution is -0.684. The van der Waals surface area contributed by atoms with Gasteiger partial charge in [0.25, 0.3) is 11.8 Å². The van der Waals surface area contributed by atoms with E-state index in [-0.39, 0.29) is 52.3 Å². The summed E-state index contributed by atoms with van der Waals surface area (Å²) >= 11 is 0. The van der Waals surface area contributed by atoms with Crippen LogP contribution in [-0.2, 0) is 11.3 Å². The lowest BCUT2D eigenvalue weighted by Crippen LogP contribution is -3.00. The third kappa shape index (κ3) is 6.58. The van der Waals surface area contributed by atoms with Crippen LogP contribution in [0.2, 0.25) is 0 Å². The van der Waals surface area contributed by atoms with Crippen molar-refractivity contribution in [1.82, 2.24) is 14.8 Å². The van der Waals surface area contributed by atoms with E-state index in [2.05, 4.69) is 12.2 Å². The minimum Gasteiger partial charge on any atom is -1.00 e. The van der Waals surface area contributed by atoms with Crippen LogP contribution in [0.5, 0.6) is 0 Å². The van der Waals surface area contributed by atoms with E-state index >= 15 is 4.39 Å². The second-order valence-corrected chi connectivity index (χ2v) is 10.4. The average molecular weight is 631 g/mol. The van der Waals surface area contributed by atoms with Gasteiger partial charge in [0.15, 0.2) is 12.4 Å². The first-order valence-electron chi connectivity index (χ1n) is 13.7. The number of amides is 2. The lowest BCUT2D eigenvalue weighted by atomic mass is 10.1. The van der Waals surface area contributed by atoms with Crippen LogP contribution in [0.15, 0.2) is 47.7 Å². The third-order valence-corrected chi connectivity index (χ3v) is 7.50. The largest absolute Gasteiger partial charge is 1.00 e. The Morgan fingerprint density at radius 2 is 1.78 bits per heavy atom. The summed E-state index contributed by atoms with van der Waals surface area (Å²) in [6.45, 7) is 4.47. The topological polar surface area (TPSA) is 116 Å². The first kappa shape index (κ1) is 30.2. The number of carboxylic acid groups (broad SMARTS) is 1. The number of carbonyl (C=O) groups is 3. The lowest BCUT2D eigenvalue weighted by Gasteiger charge is -2.36. The van der Waals surface area contributed by atoms with Crippen LogP contribution in [0, 0.1) is 5.82 Å². The minimum atomic E-state index is -1.33. The van der Waals surface area contributed by atoms with Crippen molar-refractivity contribution in [2.75, 3.05) is 37.6 Å².